The molecule has 0 radical (unpaired) electrons. The minimum Gasteiger partial charge on any atom is -0.377 e. The van der Waals surface area contributed by atoms with E-state index in [4.69, 9.17) is 10.5 Å². The van der Waals surface area contributed by atoms with Gasteiger partial charge in [-0.1, -0.05) is 6.07 Å². The largest absolute Gasteiger partial charge is 0.377 e. The van der Waals surface area contributed by atoms with Crippen LogP contribution in [0, 0.1) is 0 Å². The fourth-order valence-corrected chi connectivity index (χ4v) is 2.61. The highest BCUT2D eigenvalue weighted by Crippen LogP contribution is 2.35. The zero-order chi connectivity index (χ0) is 15.4. The lowest BCUT2D eigenvalue weighted by Crippen LogP contribution is -2.35. The topological polar surface area (TPSA) is 86.0 Å². The van der Waals surface area contributed by atoms with Crippen LogP contribution in [0.2, 0.25) is 0 Å². The molecule has 3 N–H and O–H groups in total. The highest BCUT2D eigenvalue weighted by atomic mass is 16.5. The fourth-order valence-electron chi connectivity index (χ4n) is 2.61. The van der Waals surface area contributed by atoms with E-state index in [1.807, 2.05) is 24.4 Å². The summed E-state index contributed by atoms with van der Waals surface area (Å²) in [6.07, 6.45) is 5.59. The number of aromatic nitrogens is 3. The van der Waals surface area contributed by atoms with Crippen LogP contribution >= 0.6 is 0 Å². The number of rotatable bonds is 6. The van der Waals surface area contributed by atoms with Gasteiger partial charge in [-0.3, -0.25) is 4.98 Å². The number of hydrogen-bond acceptors (Lipinski definition) is 6. The first-order valence-electron chi connectivity index (χ1n) is 7.49. The first kappa shape index (κ1) is 14.9. The summed E-state index contributed by atoms with van der Waals surface area (Å²) in [5.41, 5.74) is 8.05. The van der Waals surface area contributed by atoms with Crippen LogP contribution in [-0.4, -0.2) is 28.1 Å². The molecule has 0 spiro atoms. The van der Waals surface area contributed by atoms with Crippen molar-refractivity contribution >= 4 is 5.82 Å². The SMILES string of the molecule is COCc1nc(NCc2cccnc2)cc(C2CC(N)C2)n1. The molecule has 0 aromatic carbocycles. The van der Waals surface area contributed by atoms with Gasteiger partial charge >= 0.3 is 0 Å². The van der Waals surface area contributed by atoms with Crippen molar-refractivity contribution in [1.82, 2.24) is 15.0 Å². The molecule has 1 fully saturated rings. The lowest BCUT2D eigenvalue weighted by molar-refractivity contribution is 0.177. The molecule has 2 aromatic rings. The number of methoxy groups -OCH3 is 1. The second-order valence-electron chi connectivity index (χ2n) is 5.67. The van der Waals surface area contributed by atoms with Crippen molar-refractivity contribution in [3.05, 3.63) is 47.7 Å². The van der Waals surface area contributed by atoms with Gasteiger partial charge in [0.05, 0.1) is 0 Å². The minimum absolute atomic E-state index is 0.303. The van der Waals surface area contributed by atoms with Gasteiger partial charge < -0.3 is 15.8 Å². The Morgan fingerprint density at radius 2 is 2.23 bits per heavy atom. The van der Waals surface area contributed by atoms with Crippen molar-refractivity contribution < 1.29 is 4.74 Å². The Morgan fingerprint density at radius 1 is 1.36 bits per heavy atom. The fraction of sp³-hybridized carbons (Fsp3) is 0.438. The predicted octanol–water partition coefficient (Wildman–Crippen LogP) is 1.83. The van der Waals surface area contributed by atoms with Gasteiger partial charge in [-0.05, 0) is 24.5 Å². The van der Waals surface area contributed by atoms with Crippen LogP contribution in [0.25, 0.3) is 0 Å². The van der Waals surface area contributed by atoms with Gasteiger partial charge in [0.2, 0.25) is 0 Å². The monoisotopic (exact) mass is 299 g/mol. The number of nitrogens with two attached hydrogens (primary N) is 1. The molecule has 0 amide bonds. The van der Waals surface area contributed by atoms with Crippen LogP contribution in [0.5, 0.6) is 0 Å². The van der Waals surface area contributed by atoms with E-state index in [9.17, 15) is 0 Å². The van der Waals surface area contributed by atoms with Gasteiger partial charge in [-0.2, -0.15) is 0 Å². The van der Waals surface area contributed by atoms with E-state index in [1.54, 1.807) is 13.3 Å². The first-order chi connectivity index (χ1) is 10.7. The molecule has 0 unspecified atom stereocenters. The zero-order valence-corrected chi connectivity index (χ0v) is 12.7. The molecule has 1 aliphatic carbocycles. The average Bonchev–Trinajstić information content (AvgIpc) is 2.51. The third-order valence-corrected chi connectivity index (χ3v) is 3.85. The van der Waals surface area contributed by atoms with E-state index in [-0.39, 0.29) is 0 Å². The summed E-state index contributed by atoms with van der Waals surface area (Å²) in [4.78, 5) is 13.2. The predicted molar refractivity (Wildman–Crippen MR) is 84.3 cm³/mol. The minimum atomic E-state index is 0.303. The summed E-state index contributed by atoms with van der Waals surface area (Å²) in [6, 6.07) is 6.28. The number of anilines is 1. The van der Waals surface area contributed by atoms with E-state index in [0.29, 0.717) is 30.9 Å². The molecule has 6 heteroatoms. The Bertz CT molecular complexity index is 613. The molecule has 0 saturated heterocycles. The molecule has 3 rings (SSSR count). The van der Waals surface area contributed by atoms with Crippen molar-refractivity contribution in [3.8, 4) is 0 Å². The molecule has 1 aliphatic rings. The van der Waals surface area contributed by atoms with Crippen LogP contribution < -0.4 is 11.1 Å². The summed E-state index contributed by atoms with van der Waals surface area (Å²) >= 11 is 0. The Balaban J connectivity index is 1.74. The van der Waals surface area contributed by atoms with Gasteiger partial charge in [-0.15, -0.1) is 0 Å². The van der Waals surface area contributed by atoms with Crippen molar-refractivity contribution in [1.29, 1.82) is 0 Å². The second-order valence-corrected chi connectivity index (χ2v) is 5.67. The summed E-state index contributed by atoms with van der Waals surface area (Å²) in [5, 5.41) is 3.34. The Kier molecular flexibility index (Phi) is 4.60. The lowest BCUT2D eigenvalue weighted by Gasteiger charge is -2.32. The van der Waals surface area contributed by atoms with Gasteiger partial charge in [0.15, 0.2) is 5.82 Å². The van der Waals surface area contributed by atoms with Crippen LogP contribution in [0.1, 0.15) is 35.8 Å². The number of nitrogens with zero attached hydrogens (tertiary/aromatic N) is 3. The Hall–Kier alpha value is -2.05. The summed E-state index contributed by atoms with van der Waals surface area (Å²) in [7, 11) is 1.65. The lowest BCUT2D eigenvalue weighted by atomic mass is 9.78. The van der Waals surface area contributed by atoms with Crippen molar-refractivity contribution in [3.63, 3.8) is 0 Å². The second kappa shape index (κ2) is 6.81. The smallest absolute Gasteiger partial charge is 0.156 e. The Labute approximate surface area is 130 Å². The van der Waals surface area contributed by atoms with E-state index < -0.39 is 0 Å². The summed E-state index contributed by atoms with van der Waals surface area (Å²) in [6.45, 7) is 1.09. The first-order valence-corrected chi connectivity index (χ1v) is 7.49. The molecule has 116 valence electrons. The van der Waals surface area contributed by atoms with Crippen molar-refractivity contribution in [2.24, 2.45) is 5.73 Å². The quantitative estimate of drug-likeness (QED) is 0.846. The number of hydrogen-bond donors (Lipinski definition) is 2. The average molecular weight is 299 g/mol. The van der Waals surface area contributed by atoms with E-state index in [0.717, 1.165) is 29.9 Å². The van der Waals surface area contributed by atoms with E-state index in [2.05, 4.69) is 20.3 Å². The van der Waals surface area contributed by atoms with Crippen LogP contribution in [0.15, 0.2) is 30.6 Å². The molecule has 2 heterocycles. The maximum atomic E-state index is 5.89. The molecule has 2 aromatic heterocycles. The molecular formula is C16H21N5O. The molecule has 0 bridgehead atoms. The third-order valence-electron chi connectivity index (χ3n) is 3.85. The van der Waals surface area contributed by atoms with Gasteiger partial charge in [-0.25, -0.2) is 9.97 Å². The van der Waals surface area contributed by atoms with Gasteiger partial charge in [0, 0.05) is 49.8 Å². The summed E-state index contributed by atoms with van der Waals surface area (Å²) in [5.74, 6) is 1.96. The maximum absolute atomic E-state index is 5.89. The summed E-state index contributed by atoms with van der Waals surface area (Å²) < 4.78 is 5.17. The third kappa shape index (κ3) is 3.58. The van der Waals surface area contributed by atoms with Crippen molar-refractivity contribution in [2.45, 2.75) is 38.0 Å². The number of pyridine rings is 1. The highest BCUT2D eigenvalue weighted by molar-refractivity contribution is 5.38. The molecular weight excluding hydrogens is 278 g/mol. The molecule has 22 heavy (non-hydrogen) atoms. The normalized spacial score (nSPS) is 20.5. The molecule has 1 saturated carbocycles. The maximum Gasteiger partial charge on any atom is 0.156 e. The zero-order valence-electron chi connectivity index (χ0n) is 12.7. The van der Waals surface area contributed by atoms with E-state index >= 15 is 0 Å². The highest BCUT2D eigenvalue weighted by Gasteiger charge is 2.29. The van der Waals surface area contributed by atoms with Gasteiger partial charge in [0.25, 0.3) is 0 Å². The van der Waals surface area contributed by atoms with Crippen molar-refractivity contribution in [2.75, 3.05) is 12.4 Å². The molecule has 0 aliphatic heterocycles. The van der Waals surface area contributed by atoms with Crippen LogP contribution in [0.3, 0.4) is 0 Å². The van der Waals surface area contributed by atoms with E-state index in [1.165, 1.54) is 0 Å². The number of ether oxygens (including phenoxy) is 1. The Morgan fingerprint density at radius 3 is 2.91 bits per heavy atom. The number of nitrogens with one attached hydrogen (secondary N) is 1. The van der Waals surface area contributed by atoms with Gasteiger partial charge in [0.1, 0.15) is 12.4 Å². The molecule has 0 atom stereocenters. The van der Waals surface area contributed by atoms with Crippen LogP contribution in [0.4, 0.5) is 5.82 Å². The standard InChI is InChI=1S/C16H21N5O/c1-22-10-16-20-14(12-5-13(17)6-12)7-15(21-16)19-9-11-3-2-4-18-8-11/h2-4,7-8,12-13H,5-6,9-10,17H2,1H3,(H,19,20,21). The van der Waals surface area contributed by atoms with Crippen LogP contribution in [-0.2, 0) is 17.9 Å². The molecule has 6 nitrogen and oxygen atoms in total.